The fourth-order valence-corrected chi connectivity index (χ4v) is 1.80. The molecule has 0 saturated heterocycles. The Morgan fingerprint density at radius 2 is 1.83 bits per heavy atom. The predicted molar refractivity (Wildman–Crippen MR) is 64.5 cm³/mol. The highest BCUT2D eigenvalue weighted by atomic mass is 35.5. The third kappa shape index (κ3) is 2.49. The lowest BCUT2D eigenvalue weighted by Gasteiger charge is -2.23. The Kier molecular flexibility index (Phi) is 3.59. The molecule has 1 N–H and O–H groups in total. The van der Waals surface area contributed by atoms with Crippen LogP contribution in [0.25, 0.3) is 0 Å². The van der Waals surface area contributed by atoms with Gasteiger partial charge in [-0.15, -0.1) is 0 Å². The van der Waals surface area contributed by atoms with Crippen molar-refractivity contribution in [1.82, 2.24) is 4.98 Å². The minimum absolute atomic E-state index is 0.106. The molecule has 1 aromatic heterocycles. The Hall–Kier alpha value is -1.52. The van der Waals surface area contributed by atoms with Gasteiger partial charge in [-0.3, -0.25) is 4.98 Å². The number of halogens is 3. The van der Waals surface area contributed by atoms with Gasteiger partial charge in [0.25, 0.3) is 0 Å². The Morgan fingerprint density at radius 3 is 2.44 bits per heavy atom. The van der Waals surface area contributed by atoms with Crippen LogP contribution < -0.4 is 0 Å². The van der Waals surface area contributed by atoms with Gasteiger partial charge in [0.1, 0.15) is 6.10 Å². The summed E-state index contributed by atoms with van der Waals surface area (Å²) < 4.78 is 28.2. The molecule has 0 aliphatic heterocycles. The molecule has 0 radical (unpaired) electrons. The zero-order valence-corrected chi connectivity index (χ0v) is 9.98. The van der Waals surface area contributed by atoms with Crippen LogP contribution in [0.3, 0.4) is 0 Å². The highest BCUT2D eigenvalue weighted by Gasteiger charge is 2.41. The number of pyridine rings is 1. The smallest absolute Gasteiger partial charge is 0.302 e. The van der Waals surface area contributed by atoms with E-state index in [-0.39, 0.29) is 16.1 Å². The Morgan fingerprint density at radius 1 is 1.17 bits per heavy atom. The largest absolute Gasteiger partial charge is 0.382 e. The molecule has 2 aromatic rings. The van der Waals surface area contributed by atoms with Gasteiger partial charge in [0.05, 0.1) is 0 Å². The molecule has 0 aliphatic rings. The van der Waals surface area contributed by atoms with Crippen molar-refractivity contribution in [2.24, 2.45) is 0 Å². The molecule has 1 atom stereocenters. The van der Waals surface area contributed by atoms with Crippen LogP contribution in [-0.2, 0) is 5.92 Å². The van der Waals surface area contributed by atoms with Crippen molar-refractivity contribution in [3.05, 3.63) is 64.9 Å². The molecule has 2 nitrogen and oxygen atoms in total. The first-order valence-corrected chi connectivity index (χ1v) is 5.61. The van der Waals surface area contributed by atoms with Crippen molar-refractivity contribution in [1.29, 1.82) is 0 Å². The molecule has 1 heterocycles. The van der Waals surface area contributed by atoms with Gasteiger partial charge in [-0.25, -0.2) is 0 Å². The SMILES string of the molecule is OC(c1ccncc1)C(F)(F)c1cccc(Cl)c1. The van der Waals surface area contributed by atoms with E-state index < -0.39 is 12.0 Å². The van der Waals surface area contributed by atoms with Crippen molar-refractivity contribution in [2.45, 2.75) is 12.0 Å². The number of hydrogen-bond donors (Lipinski definition) is 1. The summed E-state index contributed by atoms with van der Waals surface area (Å²) >= 11 is 5.68. The van der Waals surface area contributed by atoms with Gasteiger partial charge < -0.3 is 5.11 Å². The molecule has 0 fully saturated rings. The van der Waals surface area contributed by atoms with E-state index in [0.717, 1.165) is 6.07 Å². The van der Waals surface area contributed by atoms with Crippen LogP contribution in [0.15, 0.2) is 48.8 Å². The normalized spacial score (nSPS) is 13.3. The first-order valence-electron chi connectivity index (χ1n) is 5.23. The Bertz CT molecular complexity index is 534. The van der Waals surface area contributed by atoms with Crippen LogP contribution >= 0.6 is 11.6 Å². The van der Waals surface area contributed by atoms with Gasteiger partial charge in [-0.05, 0) is 29.8 Å². The monoisotopic (exact) mass is 269 g/mol. The van der Waals surface area contributed by atoms with Crippen molar-refractivity contribution in [3.63, 3.8) is 0 Å². The summed E-state index contributed by atoms with van der Waals surface area (Å²) in [6, 6.07) is 8.00. The number of aliphatic hydroxyl groups is 1. The summed E-state index contributed by atoms with van der Waals surface area (Å²) in [5, 5.41) is 9.97. The van der Waals surface area contributed by atoms with Crippen LogP contribution in [0.1, 0.15) is 17.2 Å². The molecule has 2 rings (SSSR count). The maximum Gasteiger partial charge on any atom is 0.302 e. The minimum atomic E-state index is -3.41. The number of rotatable bonds is 3. The highest BCUT2D eigenvalue weighted by Crippen LogP contribution is 2.40. The van der Waals surface area contributed by atoms with Crippen molar-refractivity contribution in [2.75, 3.05) is 0 Å². The van der Waals surface area contributed by atoms with E-state index in [2.05, 4.69) is 4.98 Å². The second-order valence-electron chi connectivity index (χ2n) is 3.82. The maximum absolute atomic E-state index is 14.1. The summed E-state index contributed by atoms with van der Waals surface area (Å²) in [4.78, 5) is 3.72. The van der Waals surface area contributed by atoms with Crippen molar-refractivity contribution in [3.8, 4) is 0 Å². The van der Waals surface area contributed by atoms with Crippen molar-refractivity contribution >= 4 is 11.6 Å². The molecule has 1 unspecified atom stereocenters. The first-order chi connectivity index (χ1) is 8.51. The maximum atomic E-state index is 14.1. The van der Waals surface area contributed by atoms with Crippen LogP contribution in [0.5, 0.6) is 0 Å². The van der Waals surface area contributed by atoms with E-state index in [1.54, 1.807) is 0 Å². The number of hydrogen-bond acceptors (Lipinski definition) is 2. The zero-order chi connectivity index (χ0) is 13.2. The fraction of sp³-hybridized carbons (Fsp3) is 0.154. The number of aliphatic hydroxyl groups excluding tert-OH is 1. The second-order valence-corrected chi connectivity index (χ2v) is 4.25. The summed E-state index contributed by atoms with van der Waals surface area (Å²) in [7, 11) is 0. The molecule has 0 saturated carbocycles. The predicted octanol–water partition coefficient (Wildman–Crippen LogP) is 3.56. The molecule has 0 aliphatic carbocycles. The molecular formula is C13H10ClF2NO. The zero-order valence-electron chi connectivity index (χ0n) is 9.22. The summed E-state index contributed by atoms with van der Waals surface area (Å²) in [6.07, 6.45) is 0.776. The molecule has 5 heteroatoms. The third-order valence-corrected chi connectivity index (χ3v) is 2.81. The van der Waals surface area contributed by atoms with E-state index in [0.29, 0.717) is 0 Å². The Labute approximate surface area is 108 Å². The van der Waals surface area contributed by atoms with Crippen LogP contribution in [-0.4, -0.2) is 10.1 Å². The van der Waals surface area contributed by atoms with Gasteiger partial charge in [-0.2, -0.15) is 8.78 Å². The lowest BCUT2D eigenvalue weighted by molar-refractivity contribution is -0.117. The summed E-state index contributed by atoms with van der Waals surface area (Å²) in [6.45, 7) is 0. The first kappa shape index (κ1) is 12.9. The summed E-state index contributed by atoms with van der Waals surface area (Å²) in [5.74, 6) is -3.41. The highest BCUT2D eigenvalue weighted by molar-refractivity contribution is 6.30. The fourth-order valence-electron chi connectivity index (χ4n) is 1.61. The Balaban J connectivity index is 2.36. The topological polar surface area (TPSA) is 33.1 Å². The van der Waals surface area contributed by atoms with Crippen LogP contribution in [0.2, 0.25) is 5.02 Å². The second kappa shape index (κ2) is 5.00. The van der Waals surface area contributed by atoms with Gasteiger partial charge in [0.2, 0.25) is 0 Å². The molecule has 1 aromatic carbocycles. The molecular weight excluding hydrogens is 260 g/mol. The lowest BCUT2D eigenvalue weighted by atomic mass is 9.98. The average molecular weight is 270 g/mol. The summed E-state index contributed by atoms with van der Waals surface area (Å²) in [5.41, 5.74) is -0.214. The molecule has 0 bridgehead atoms. The third-order valence-electron chi connectivity index (χ3n) is 2.57. The van der Waals surface area contributed by atoms with Gasteiger partial charge in [-0.1, -0.05) is 23.7 Å². The standard InChI is InChI=1S/C13H10ClF2NO/c14-11-3-1-2-10(8-11)13(15,16)12(18)9-4-6-17-7-5-9/h1-8,12,18H. The number of nitrogens with zero attached hydrogens (tertiary/aromatic N) is 1. The number of aromatic nitrogens is 1. The van der Waals surface area contributed by atoms with Gasteiger partial charge >= 0.3 is 5.92 Å². The van der Waals surface area contributed by atoms with E-state index in [9.17, 15) is 13.9 Å². The molecule has 0 amide bonds. The van der Waals surface area contributed by atoms with Gasteiger partial charge in [0.15, 0.2) is 0 Å². The minimum Gasteiger partial charge on any atom is -0.382 e. The molecule has 18 heavy (non-hydrogen) atoms. The van der Waals surface area contributed by atoms with E-state index in [4.69, 9.17) is 11.6 Å². The lowest BCUT2D eigenvalue weighted by Crippen LogP contribution is -2.23. The van der Waals surface area contributed by atoms with Crippen LogP contribution in [0, 0.1) is 0 Å². The van der Waals surface area contributed by atoms with E-state index in [1.165, 1.54) is 42.7 Å². The van der Waals surface area contributed by atoms with E-state index >= 15 is 0 Å². The number of alkyl halides is 2. The van der Waals surface area contributed by atoms with Gasteiger partial charge in [0, 0.05) is 23.0 Å². The quantitative estimate of drug-likeness (QED) is 0.924. The average Bonchev–Trinajstić information content (AvgIpc) is 2.39. The van der Waals surface area contributed by atoms with Crippen molar-refractivity contribution < 1.29 is 13.9 Å². The van der Waals surface area contributed by atoms with Crippen LogP contribution in [0.4, 0.5) is 8.78 Å². The van der Waals surface area contributed by atoms with E-state index in [1.807, 2.05) is 0 Å². The molecule has 94 valence electrons. The number of benzene rings is 1. The molecule has 0 spiro atoms.